The summed E-state index contributed by atoms with van der Waals surface area (Å²) in [5.74, 6) is 0.734. The van der Waals surface area contributed by atoms with E-state index in [2.05, 4.69) is 13.0 Å². The van der Waals surface area contributed by atoms with Crippen LogP contribution < -0.4 is 0 Å². The first kappa shape index (κ1) is 11.3. The zero-order chi connectivity index (χ0) is 12.7. The number of hydrogen-bond donors (Lipinski definition) is 0. The third-order valence-corrected chi connectivity index (χ3v) is 3.58. The molecule has 3 heteroatoms. The van der Waals surface area contributed by atoms with E-state index in [0.717, 1.165) is 41.7 Å². The van der Waals surface area contributed by atoms with E-state index in [0.29, 0.717) is 0 Å². The molecule has 0 fully saturated rings. The van der Waals surface area contributed by atoms with Crippen LogP contribution >= 0.6 is 0 Å². The second-order valence-corrected chi connectivity index (χ2v) is 5.04. The van der Waals surface area contributed by atoms with Crippen molar-refractivity contribution in [3.05, 3.63) is 46.4 Å². The Morgan fingerprint density at radius 2 is 2.17 bits per heavy atom. The van der Waals surface area contributed by atoms with Crippen LogP contribution in [0.15, 0.2) is 34.0 Å². The maximum Gasteiger partial charge on any atom is 0.334 e. The van der Waals surface area contributed by atoms with Crippen LogP contribution in [0.1, 0.15) is 42.8 Å². The molecule has 0 N–H and O–H groups in total. The molecule has 18 heavy (non-hydrogen) atoms. The van der Waals surface area contributed by atoms with E-state index in [4.69, 9.17) is 9.15 Å². The summed E-state index contributed by atoms with van der Waals surface area (Å²) in [5.41, 5.74) is 4.14. The molecule has 2 bridgehead atoms. The molecule has 0 aromatic carbocycles. The number of fused-ring (bicyclic) bond motifs is 3. The van der Waals surface area contributed by atoms with Gasteiger partial charge in [0.25, 0.3) is 0 Å². The molecule has 1 aliphatic heterocycles. The normalized spacial score (nSPS) is 23.0. The largest absolute Gasteiger partial charge is 0.468 e. The fourth-order valence-electron chi connectivity index (χ4n) is 2.63. The molecule has 0 amide bonds. The summed E-state index contributed by atoms with van der Waals surface area (Å²) in [6.45, 7) is 4.09. The molecular weight excluding hydrogens is 228 g/mol. The van der Waals surface area contributed by atoms with Crippen molar-refractivity contribution in [2.24, 2.45) is 0 Å². The number of aryl methyl sites for hydroxylation is 1. The predicted octanol–water partition coefficient (Wildman–Crippen LogP) is 3.39. The van der Waals surface area contributed by atoms with Crippen LogP contribution in [0.4, 0.5) is 0 Å². The smallest absolute Gasteiger partial charge is 0.334 e. The van der Waals surface area contributed by atoms with Crippen molar-refractivity contribution < 1.29 is 13.9 Å². The molecular formula is C15H16O3. The Morgan fingerprint density at radius 3 is 3.00 bits per heavy atom. The highest BCUT2D eigenvalue weighted by molar-refractivity contribution is 5.91. The lowest BCUT2D eigenvalue weighted by molar-refractivity contribution is -0.140. The van der Waals surface area contributed by atoms with Gasteiger partial charge in [-0.3, -0.25) is 0 Å². The number of allylic oxidation sites excluding steroid dienone is 2. The van der Waals surface area contributed by atoms with Gasteiger partial charge < -0.3 is 9.15 Å². The number of carbonyl (C=O) groups excluding carboxylic acids is 1. The summed E-state index contributed by atoms with van der Waals surface area (Å²) < 4.78 is 11.1. The first-order valence-corrected chi connectivity index (χ1v) is 6.29. The molecule has 2 heterocycles. The Hall–Kier alpha value is -1.77. The SMILES string of the molecule is CC1=CCCC2=C[C@H](OC2=O)c2c(C)coc2C1. The van der Waals surface area contributed by atoms with Gasteiger partial charge in [-0.05, 0) is 38.3 Å². The second kappa shape index (κ2) is 4.16. The van der Waals surface area contributed by atoms with Crippen LogP contribution in [0.5, 0.6) is 0 Å². The Kier molecular flexibility index (Phi) is 2.62. The molecule has 1 aromatic rings. The zero-order valence-electron chi connectivity index (χ0n) is 10.7. The highest BCUT2D eigenvalue weighted by Crippen LogP contribution is 2.36. The molecule has 94 valence electrons. The van der Waals surface area contributed by atoms with Crippen molar-refractivity contribution in [3.63, 3.8) is 0 Å². The van der Waals surface area contributed by atoms with Crippen LogP contribution in [0, 0.1) is 6.92 Å². The van der Waals surface area contributed by atoms with Crippen molar-refractivity contribution in [2.75, 3.05) is 0 Å². The maximum atomic E-state index is 11.8. The van der Waals surface area contributed by atoms with Gasteiger partial charge in [0.05, 0.1) is 6.26 Å². The highest BCUT2D eigenvalue weighted by atomic mass is 16.5. The minimum atomic E-state index is -0.257. The number of ether oxygens (including phenoxy) is 1. The van der Waals surface area contributed by atoms with E-state index in [1.54, 1.807) is 6.26 Å². The molecule has 1 aromatic heterocycles. The van der Waals surface area contributed by atoms with Crippen molar-refractivity contribution >= 4 is 5.97 Å². The Morgan fingerprint density at radius 1 is 1.33 bits per heavy atom. The Balaban J connectivity index is 2.10. The van der Waals surface area contributed by atoms with Crippen molar-refractivity contribution in [2.45, 2.75) is 39.2 Å². The van der Waals surface area contributed by atoms with Gasteiger partial charge in [-0.1, -0.05) is 11.6 Å². The van der Waals surface area contributed by atoms with Gasteiger partial charge in [-0.2, -0.15) is 0 Å². The molecule has 0 saturated carbocycles. The van der Waals surface area contributed by atoms with Gasteiger partial charge in [-0.15, -0.1) is 0 Å². The van der Waals surface area contributed by atoms with E-state index in [1.807, 2.05) is 13.0 Å². The van der Waals surface area contributed by atoms with Crippen molar-refractivity contribution in [1.29, 1.82) is 0 Å². The second-order valence-electron chi connectivity index (χ2n) is 5.04. The van der Waals surface area contributed by atoms with Crippen LogP contribution in [0.2, 0.25) is 0 Å². The van der Waals surface area contributed by atoms with E-state index in [-0.39, 0.29) is 12.1 Å². The Labute approximate surface area is 106 Å². The lowest BCUT2D eigenvalue weighted by Gasteiger charge is -2.10. The minimum Gasteiger partial charge on any atom is -0.468 e. The van der Waals surface area contributed by atoms with Crippen LogP contribution in [-0.2, 0) is 16.0 Å². The quantitative estimate of drug-likeness (QED) is 0.518. The molecule has 3 nitrogen and oxygen atoms in total. The summed E-state index contributed by atoms with van der Waals surface area (Å²) in [5, 5.41) is 0. The molecule has 1 aliphatic carbocycles. The maximum absolute atomic E-state index is 11.8. The number of carbonyl (C=O) groups is 1. The average Bonchev–Trinajstić information content (AvgIpc) is 2.83. The summed E-state index contributed by atoms with van der Waals surface area (Å²) >= 11 is 0. The van der Waals surface area contributed by atoms with Gasteiger partial charge >= 0.3 is 5.97 Å². The molecule has 0 saturated heterocycles. The van der Waals surface area contributed by atoms with Crippen LogP contribution in [-0.4, -0.2) is 5.97 Å². The van der Waals surface area contributed by atoms with Crippen molar-refractivity contribution in [3.8, 4) is 0 Å². The molecule has 0 spiro atoms. The fraction of sp³-hybridized carbons (Fsp3) is 0.400. The monoisotopic (exact) mass is 244 g/mol. The van der Waals surface area contributed by atoms with E-state index < -0.39 is 0 Å². The van der Waals surface area contributed by atoms with Crippen LogP contribution in [0.3, 0.4) is 0 Å². The summed E-state index contributed by atoms with van der Waals surface area (Å²) in [4.78, 5) is 11.8. The fourth-order valence-corrected chi connectivity index (χ4v) is 2.63. The molecule has 3 rings (SSSR count). The lowest BCUT2D eigenvalue weighted by Crippen LogP contribution is -2.04. The Bertz CT molecular complexity index is 560. The topological polar surface area (TPSA) is 39.4 Å². The van der Waals surface area contributed by atoms with E-state index >= 15 is 0 Å². The molecule has 1 atom stereocenters. The van der Waals surface area contributed by atoms with Gasteiger partial charge in [-0.25, -0.2) is 4.79 Å². The first-order chi connectivity index (χ1) is 8.65. The van der Waals surface area contributed by atoms with Gasteiger partial charge in [0.2, 0.25) is 0 Å². The van der Waals surface area contributed by atoms with Gasteiger partial charge in [0.15, 0.2) is 0 Å². The van der Waals surface area contributed by atoms with Crippen molar-refractivity contribution in [1.82, 2.24) is 0 Å². The average molecular weight is 244 g/mol. The van der Waals surface area contributed by atoms with Crippen LogP contribution in [0.25, 0.3) is 0 Å². The number of hydrogen-bond acceptors (Lipinski definition) is 3. The standard InChI is InChI=1S/C15H16O3/c1-9-4-3-5-11-7-13(18-15(11)16)14-10(2)8-17-12(14)6-9/h4,7-8,13H,3,5-6H2,1-2H3/t13-/m0/s1. The van der Waals surface area contributed by atoms with Gasteiger partial charge in [0.1, 0.15) is 11.9 Å². The summed E-state index contributed by atoms with van der Waals surface area (Å²) in [6, 6.07) is 0. The molecule has 0 radical (unpaired) electrons. The number of furan rings is 1. The molecule has 0 unspecified atom stereocenters. The number of esters is 1. The van der Waals surface area contributed by atoms with E-state index in [1.165, 1.54) is 5.57 Å². The summed E-state index contributed by atoms with van der Waals surface area (Å²) in [7, 11) is 0. The third-order valence-electron chi connectivity index (χ3n) is 3.58. The lowest BCUT2D eigenvalue weighted by atomic mass is 9.98. The highest BCUT2D eigenvalue weighted by Gasteiger charge is 2.30. The minimum absolute atomic E-state index is 0.181. The van der Waals surface area contributed by atoms with Gasteiger partial charge in [0, 0.05) is 17.6 Å². The zero-order valence-corrected chi connectivity index (χ0v) is 10.7. The summed E-state index contributed by atoms with van der Waals surface area (Å²) in [6.07, 6.45) is 8.04. The predicted molar refractivity (Wildman–Crippen MR) is 67.1 cm³/mol. The molecule has 2 aliphatic rings. The van der Waals surface area contributed by atoms with E-state index in [9.17, 15) is 4.79 Å². The first-order valence-electron chi connectivity index (χ1n) is 6.29. The number of rotatable bonds is 0. The third kappa shape index (κ3) is 1.80.